The van der Waals surface area contributed by atoms with E-state index in [1.165, 1.54) is 4.90 Å². The van der Waals surface area contributed by atoms with E-state index in [-0.39, 0.29) is 51.2 Å². The van der Waals surface area contributed by atoms with E-state index in [1.54, 1.807) is 43.4 Å². The molecule has 0 spiro atoms. The van der Waals surface area contributed by atoms with E-state index < -0.39 is 44.5 Å². The lowest BCUT2D eigenvalue weighted by atomic mass is 9.80. The first-order chi connectivity index (χ1) is 29.1. The third-order valence-corrected chi connectivity index (χ3v) is 12.7. The van der Waals surface area contributed by atoms with Crippen molar-refractivity contribution in [1.82, 2.24) is 14.5 Å². The van der Waals surface area contributed by atoms with E-state index in [1.807, 2.05) is 97.1 Å². The first kappa shape index (κ1) is 44.4. The third-order valence-electron chi connectivity index (χ3n) is 10.6. The molecule has 2 heterocycles. The molecule has 0 radical (unpaired) electrons. The predicted octanol–water partition coefficient (Wildman–Crippen LogP) is 8.92. The predicted molar refractivity (Wildman–Crippen MR) is 230 cm³/mol. The molecule has 0 aliphatic carbocycles. The minimum atomic E-state index is -1.70. The Morgan fingerprint density at radius 1 is 0.833 bits per heavy atom. The lowest BCUT2D eigenvalue weighted by molar-refractivity contribution is -0.101. The van der Waals surface area contributed by atoms with Gasteiger partial charge in [0.25, 0.3) is 14.4 Å². The van der Waals surface area contributed by atoms with E-state index in [0.29, 0.717) is 17.1 Å². The number of amides is 3. The molecule has 4 aromatic carbocycles. The third kappa shape index (κ3) is 10.1. The van der Waals surface area contributed by atoms with Crippen molar-refractivity contribution >= 4 is 20.5 Å². The minimum absolute atomic E-state index is 0.0311. The van der Waals surface area contributed by atoms with Gasteiger partial charge in [0.1, 0.15) is 29.4 Å². The Kier molecular flexibility index (Phi) is 15.5. The molecule has 0 bridgehead atoms. The van der Waals surface area contributed by atoms with Crippen LogP contribution in [0.1, 0.15) is 67.6 Å². The number of hydrogen-bond donors (Lipinski definition) is 0. The minimum Gasteiger partial charge on any atom is -0.497 e. The van der Waals surface area contributed by atoms with Crippen molar-refractivity contribution in [2.45, 2.75) is 76.7 Å². The van der Waals surface area contributed by atoms with E-state index in [0.717, 1.165) is 16.7 Å². The van der Waals surface area contributed by atoms with Gasteiger partial charge in [-0.05, 0) is 80.8 Å². The Morgan fingerprint density at radius 2 is 1.38 bits per heavy atom. The van der Waals surface area contributed by atoms with Gasteiger partial charge in [-0.1, -0.05) is 84.9 Å². The van der Waals surface area contributed by atoms with Crippen molar-refractivity contribution < 1.29 is 37.6 Å². The molecule has 0 saturated carbocycles. The molecule has 60 heavy (non-hydrogen) atoms. The van der Waals surface area contributed by atoms with Gasteiger partial charge < -0.3 is 28.0 Å². The summed E-state index contributed by atoms with van der Waals surface area (Å²) >= 11 is 0. The molecule has 0 N–H and O–H groups in total. The summed E-state index contributed by atoms with van der Waals surface area (Å²) < 4.78 is 40.9. The van der Waals surface area contributed by atoms with Gasteiger partial charge in [0.05, 0.1) is 46.0 Å². The number of hydrogen-bond acceptors (Lipinski definition) is 10. The lowest BCUT2D eigenvalue weighted by Gasteiger charge is -2.39. The van der Waals surface area contributed by atoms with Gasteiger partial charge in [-0.2, -0.15) is 5.26 Å². The summed E-state index contributed by atoms with van der Waals surface area (Å²) in [6.45, 7) is 8.90. The Labute approximate surface area is 355 Å². The first-order valence-electron chi connectivity index (χ1n) is 20.3. The monoisotopic (exact) mass is 834 g/mol. The average Bonchev–Trinajstić information content (AvgIpc) is 3.56. The van der Waals surface area contributed by atoms with E-state index in [2.05, 4.69) is 38.4 Å². The molecule has 2 unspecified atom stereocenters. The van der Waals surface area contributed by atoms with E-state index >= 15 is 0 Å². The first-order valence-corrected chi connectivity index (χ1v) is 21.5. The number of nitrogens with zero attached hydrogens (tertiary/aromatic N) is 4. The molecule has 2 aliphatic heterocycles. The maximum absolute atomic E-state index is 14.4. The Morgan fingerprint density at radius 3 is 1.93 bits per heavy atom. The Hall–Kier alpha value is -5.12. The number of carbonyl (C=O) groups is 2. The van der Waals surface area contributed by atoms with Crippen molar-refractivity contribution in [2.75, 3.05) is 40.5 Å². The highest BCUT2D eigenvalue weighted by atomic mass is 31.2. The second-order valence-corrected chi connectivity index (χ2v) is 16.5. The van der Waals surface area contributed by atoms with Crippen molar-refractivity contribution in [3.63, 3.8) is 0 Å². The zero-order valence-corrected chi connectivity index (χ0v) is 36.1. The summed E-state index contributed by atoms with van der Waals surface area (Å²) in [6, 6.07) is 36.2. The molecule has 4 atom stereocenters. The fraction of sp³-hybridized carbons (Fsp3) is 0.383. The summed E-state index contributed by atoms with van der Waals surface area (Å²) in [5.74, 6) is 1.01. The molecule has 6 rings (SSSR count). The number of imide groups is 1. The largest absolute Gasteiger partial charge is 0.497 e. The smallest absolute Gasteiger partial charge is 0.329 e. The van der Waals surface area contributed by atoms with Crippen molar-refractivity contribution in [2.24, 2.45) is 0 Å². The van der Waals surface area contributed by atoms with Crippen LogP contribution in [0.3, 0.4) is 0 Å². The fourth-order valence-corrected chi connectivity index (χ4v) is 9.43. The fourth-order valence-electron chi connectivity index (χ4n) is 7.67. The van der Waals surface area contributed by atoms with Crippen LogP contribution in [0.2, 0.25) is 0 Å². The van der Waals surface area contributed by atoms with Crippen LogP contribution in [-0.2, 0) is 24.1 Å². The van der Waals surface area contributed by atoms with E-state index in [9.17, 15) is 14.9 Å². The average molecular weight is 835 g/mol. The molecule has 0 aromatic heterocycles. The van der Waals surface area contributed by atoms with Gasteiger partial charge >= 0.3 is 6.03 Å². The van der Waals surface area contributed by atoms with Crippen LogP contribution in [0.5, 0.6) is 11.5 Å². The molecule has 12 nitrogen and oxygen atoms in total. The number of nitriles is 1. The number of ether oxygens (including phenoxy) is 4. The van der Waals surface area contributed by atoms with Crippen LogP contribution in [0.25, 0.3) is 0 Å². The molecule has 2 aliphatic rings. The zero-order valence-electron chi connectivity index (χ0n) is 35.2. The summed E-state index contributed by atoms with van der Waals surface area (Å²) in [7, 11) is 1.57. The highest BCUT2D eigenvalue weighted by Gasteiger charge is 2.47. The van der Waals surface area contributed by atoms with Gasteiger partial charge in [-0.25, -0.2) is 9.46 Å². The summed E-state index contributed by atoms with van der Waals surface area (Å²) in [4.78, 5) is 30.9. The number of urea groups is 1. The van der Waals surface area contributed by atoms with Crippen molar-refractivity contribution in [1.29, 1.82) is 5.26 Å². The number of rotatable bonds is 18. The second kappa shape index (κ2) is 20.9. The highest BCUT2D eigenvalue weighted by Crippen LogP contribution is 2.50. The van der Waals surface area contributed by atoms with Crippen LogP contribution in [0, 0.1) is 11.3 Å². The second-order valence-electron chi connectivity index (χ2n) is 15.1. The number of carbonyl (C=O) groups excluding carboxylic acids is 2. The van der Waals surface area contributed by atoms with Crippen LogP contribution >= 0.6 is 8.53 Å². The summed E-state index contributed by atoms with van der Waals surface area (Å²) in [6.07, 6.45) is 2.07. The molecule has 1 fully saturated rings. The van der Waals surface area contributed by atoms with Gasteiger partial charge in [-0.3, -0.25) is 14.6 Å². The zero-order chi connectivity index (χ0) is 42.6. The molecule has 4 aromatic rings. The molecule has 316 valence electrons. The number of benzene rings is 4. The Bertz CT molecular complexity index is 2010. The van der Waals surface area contributed by atoms with Crippen molar-refractivity contribution in [3.05, 3.63) is 144 Å². The Balaban J connectivity index is 1.41. The maximum Gasteiger partial charge on any atom is 0.329 e. The molecule has 13 heteroatoms. The van der Waals surface area contributed by atoms with Gasteiger partial charge in [0, 0.05) is 37.2 Å². The molecular formula is C47H55N4O8P. The summed E-state index contributed by atoms with van der Waals surface area (Å²) in [5, 5.41) is 9.41. The SMILES string of the molecule is COc1ccc(C(OC[C@H]2O[C@@H](N3CC=CCN(C(=O)c4ccccc4)C3=O)CC2OP(OCCC#N)N(C(C)C)C(C)C)(c2ccccc2)c2ccc(OC)cc2)cc1. The van der Waals surface area contributed by atoms with Gasteiger partial charge in [0.15, 0.2) is 0 Å². The highest BCUT2D eigenvalue weighted by molar-refractivity contribution is 7.44. The van der Waals surface area contributed by atoms with Crippen molar-refractivity contribution in [3.8, 4) is 17.6 Å². The van der Waals surface area contributed by atoms with Crippen LogP contribution in [-0.4, -0.2) is 97.5 Å². The standard InChI is InChI=1S/C47H55N4O8P/c1-34(2)51(35(3)4)60(57-31-15-28-48)59-42-32-44(49-29-13-14-30-50(46(49)53)45(52)36-16-9-7-10-17-36)58-43(42)33-56-47(37-18-11-8-12-19-37,38-20-24-40(54-5)25-21-38)39-22-26-41(55-6)27-23-39/h7-14,16-27,34-35,42-44H,15,29-33H2,1-6H3/t42?,43-,44-,60?/m1/s1. The van der Waals surface area contributed by atoms with Crippen LogP contribution in [0.4, 0.5) is 4.79 Å². The normalized spacial score (nSPS) is 18.8. The molecule has 3 amide bonds. The summed E-state index contributed by atoms with van der Waals surface area (Å²) in [5.41, 5.74) is 1.84. The van der Waals surface area contributed by atoms with Gasteiger partial charge in [0.2, 0.25) is 0 Å². The quantitative estimate of drug-likeness (QED) is 0.0416. The van der Waals surface area contributed by atoms with Crippen LogP contribution < -0.4 is 9.47 Å². The lowest BCUT2D eigenvalue weighted by Crippen LogP contribution is -2.49. The maximum atomic E-state index is 14.4. The van der Waals surface area contributed by atoms with Gasteiger partial charge in [-0.15, -0.1) is 0 Å². The van der Waals surface area contributed by atoms with E-state index in [4.69, 9.17) is 28.0 Å². The molecular weight excluding hydrogens is 780 g/mol. The topological polar surface area (TPSA) is 123 Å². The van der Waals surface area contributed by atoms with Crippen LogP contribution in [0.15, 0.2) is 121 Å². The number of methoxy groups -OCH3 is 2. The molecule has 1 saturated heterocycles.